The van der Waals surface area contributed by atoms with Crippen molar-refractivity contribution in [2.45, 2.75) is 29.8 Å². The van der Waals surface area contributed by atoms with Gasteiger partial charge in [0.05, 0.1) is 11.2 Å². The van der Waals surface area contributed by atoms with E-state index in [2.05, 4.69) is 15.6 Å². The smallest absolute Gasteiger partial charge is 0.326 e. The molecule has 2 atom stereocenters. The molecule has 12 heteroatoms. The highest BCUT2D eigenvalue weighted by molar-refractivity contribution is 7.80. The summed E-state index contributed by atoms with van der Waals surface area (Å²) in [6, 6.07) is 17.0. The quantitative estimate of drug-likeness (QED) is 0.125. The number of rotatable bonds is 8. The number of benzene rings is 2. The van der Waals surface area contributed by atoms with Crippen molar-refractivity contribution < 1.29 is 14.7 Å². The molecule has 0 aliphatic rings. The molecule has 0 fully saturated rings. The number of carboxylic acids is 1. The Hall–Kier alpha value is -2.56. The van der Waals surface area contributed by atoms with Crippen molar-refractivity contribution in [3.8, 4) is 0 Å². The SMILES string of the molecule is CC(C)[C@@H](C(=O)O)N(C(=S)Nc1cccc2cccnc12)C(NC(=O)/C=C/c1ccccc1)C(Cl)(Cl)Cl.S. The molecule has 1 amide bonds. The van der Waals surface area contributed by atoms with Gasteiger partial charge in [-0.05, 0) is 41.9 Å². The first kappa shape index (κ1) is 31.7. The number of thiocarbonyl (C=S) groups is 1. The van der Waals surface area contributed by atoms with Crippen LogP contribution in [0.4, 0.5) is 5.69 Å². The van der Waals surface area contributed by atoms with Gasteiger partial charge in [0.25, 0.3) is 0 Å². The molecule has 3 N–H and O–H groups in total. The lowest BCUT2D eigenvalue weighted by Gasteiger charge is -2.42. The molecule has 7 nitrogen and oxygen atoms in total. The molecule has 3 aromatic rings. The highest BCUT2D eigenvalue weighted by Gasteiger charge is 2.45. The predicted molar refractivity (Wildman–Crippen MR) is 164 cm³/mol. The highest BCUT2D eigenvalue weighted by atomic mass is 35.6. The Balaban J connectivity index is 0.00000507. The van der Waals surface area contributed by atoms with E-state index in [1.807, 2.05) is 42.5 Å². The Morgan fingerprint density at radius 2 is 1.71 bits per heavy atom. The zero-order valence-electron chi connectivity index (χ0n) is 20.4. The van der Waals surface area contributed by atoms with Gasteiger partial charge in [0, 0.05) is 17.7 Å². The molecular formula is C26H27Cl3N4O3S2. The molecule has 38 heavy (non-hydrogen) atoms. The maximum atomic E-state index is 12.9. The molecule has 1 heterocycles. The molecule has 0 radical (unpaired) electrons. The van der Waals surface area contributed by atoms with Crippen molar-refractivity contribution in [1.82, 2.24) is 15.2 Å². The molecule has 0 saturated heterocycles. The number of carboxylic acid groups (broad SMARTS) is 1. The normalized spacial score (nSPS) is 13.0. The van der Waals surface area contributed by atoms with Gasteiger partial charge in [-0.1, -0.05) is 97.2 Å². The third-order valence-corrected chi connectivity index (χ3v) is 6.32. The number of alkyl halides is 3. The monoisotopic (exact) mass is 612 g/mol. The number of anilines is 1. The molecule has 1 unspecified atom stereocenters. The van der Waals surface area contributed by atoms with Gasteiger partial charge in [-0.3, -0.25) is 9.78 Å². The molecule has 0 saturated carbocycles. The Kier molecular flexibility index (Phi) is 11.7. The number of carbonyl (C=O) groups is 2. The third kappa shape index (κ3) is 8.22. The zero-order valence-corrected chi connectivity index (χ0v) is 24.5. The minimum atomic E-state index is -2.15. The Labute approximate surface area is 248 Å². The number of carbonyl (C=O) groups excluding carboxylic acids is 1. The van der Waals surface area contributed by atoms with E-state index < -0.39 is 33.8 Å². The van der Waals surface area contributed by atoms with Crippen LogP contribution in [-0.2, 0) is 9.59 Å². The van der Waals surface area contributed by atoms with Crippen LogP contribution in [0.2, 0.25) is 0 Å². The molecule has 1 aromatic heterocycles. The highest BCUT2D eigenvalue weighted by Crippen LogP contribution is 2.35. The zero-order chi connectivity index (χ0) is 27.2. The van der Waals surface area contributed by atoms with Gasteiger partial charge in [0.15, 0.2) is 11.3 Å². The number of pyridine rings is 1. The van der Waals surface area contributed by atoms with E-state index in [0.29, 0.717) is 11.2 Å². The van der Waals surface area contributed by atoms with Crippen LogP contribution < -0.4 is 10.6 Å². The van der Waals surface area contributed by atoms with Crippen molar-refractivity contribution in [1.29, 1.82) is 0 Å². The number of fused-ring (bicyclic) bond motifs is 1. The molecule has 3 rings (SSSR count). The first-order valence-corrected chi connectivity index (χ1v) is 12.8. The molecular weight excluding hydrogens is 587 g/mol. The number of para-hydroxylation sites is 1. The summed E-state index contributed by atoms with van der Waals surface area (Å²) in [4.78, 5) is 30.8. The van der Waals surface area contributed by atoms with Crippen LogP contribution in [0.5, 0.6) is 0 Å². The number of hydrogen-bond acceptors (Lipinski definition) is 4. The summed E-state index contributed by atoms with van der Waals surface area (Å²) >= 11 is 24.6. The number of aromatic nitrogens is 1. The number of nitrogens with one attached hydrogen (secondary N) is 2. The van der Waals surface area contributed by atoms with Gasteiger partial charge in [0.1, 0.15) is 6.04 Å². The second kappa shape index (κ2) is 14.0. The first-order valence-electron chi connectivity index (χ1n) is 11.2. The average Bonchev–Trinajstić information content (AvgIpc) is 2.84. The number of halogens is 3. The van der Waals surface area contributed by atoms with Crippen molar-refractivity contribution in [2.75, 3.05) is 5.32 Å². The van der Waals surface area contributed by atoms with E-state index in [9.17, 15) is 14.7 Å². The van der Waals surface area contributed by atoms with Crippen molar-refractivity contribution in [3.63, 3.8) is 0 Å². The van der Waals surface area contributed by atoms with Crippen LogP contribution in [0, 0.1) is 5.92 Å². The molecule has 2 aromatic carbocycles. The topological polar surface area (TPSA) is 94.6 Å². The number of amides is 1. The van der Waals surface area contributed by atoms with Crippen molar-refractivity contribution in [2.24, 2.45) is 5.92 Å². The van der Waals surface area contributed by atoms with Crippen LogP contribution in [0.15, 0.2) is 72.9 Å². The fourth-order valence-corrected chi connectivity index (χ4v) is 4.55. The van der Waals surface area contributed by atoms with E-state index in [-0.39, 0.29) is 18.6 Å². The number of nitrogens with zero attached hydrogens (tertiary/aromatic N) is 2. The summed E-state index contributed by atoms with van der Waals surface area (Å²) in [6.45, 7) is 3.39. The Morgan fingerprint density at radius 1 is 1.05 bits per heavy atom. The van der Waals surface area contributed by atoms with Crippen LogP contribution in [0.25, 0.3) is 17.0 Å². The average molecular weight is 614 g/mol. The number of hydrogen-bond donors (Lipinski definition) is 3. The molecule has 0 aliphatic heterocycles. The number of aliphatic carboxylic acids is 1. The van der Waals surface area contributed by atoms with Gasteiger partial charge < -0.3 is 20.6 Å². The summed E-state index contributed by atoms with van der Waals surface area (Å²) in [5.74, 6) is -2.29. The van der Waals surface area contributed by atoms with Crippen molar-refractivity contribution in [3.05, 3.63) is 78.5 Å². The van der Waals surface area contributed by atoms with Gasteiger partial charge in [-0.2, -0.15) is 13.5 Å². The second-order valence-electron chi connectivity index (χ2n) is 8.44. The van der Waals surface area contributed by atoms with Crippen LogP contribution in [-0.4, -0.2) is 48.0 Å². The maximum Gasteiger partial charge on any atom is 0.326 e. The van der Waals surface area contributed by atoms with Gasteiger partial charge in [-0.25, -0.2) is 4.79 Å². The van der Waals surface area contributed by atoms with Crippen LogP contribution in [0.1, 0.15) is 19.4 Å². The lowest BCUT2D eigenvalue weighted by molar-refractivity contribution is -0.144. The maximum absolute atomic E-state index is 12.9. The largest absolute Gasteiger partial charge is 0.480 e. The molecule has 202 valence electrons. The van der Waals surface area contributed by atoms with Gasteiger partial charge in [0.2, 0.25) is 9.70 Å². The van der Waals surface area contributed by atoms with E-state index in [1.54, 1.807) is 44.3 Å². The van der Waals surface area contributed by atoms with E-state index in [1.165, 1.54) is 11.0 Å². The standard InChI is InChI=1S/C26H25Cl3N4O3S.H2S/c1-16(2)22(23(35)36)33(25(37)31-19-12-6-10-18-11-7-15-30-21(18)19)24(26(27,28)29)32-20(34)14-13-17-8-4-3-5-9-17;/h3-16,22,24H,1-2H3,(H,31,37)(H,32,34)(H,35,36);1H2/b14-13+;/t22-,24?;/m0./s1. The fraction of sp³-hybridized carbons (Fsp3) is 0.231. The van der Waals surface area contributed by atoms with Crippen molar-refractivity contribution >= 4 is 100 Å². The Bertz CT molecular complexity index is 1300. The first-order chi connectivity index (χ1) is 17.5. The van der Waals surface area contributed by atoms with Crippen LogP contribution >= 0.6 is 60.5 Å². The summed E-state index contributed by atoms with van der Waals surface area (Å²) in [6.07, 6.45) is 3.06. The van der Waals surface area contributed by atoms with Gasteiger partial charge in [-0.15, -0.1) is 0 Å². The Morgan fingerprint density at radius 3 is 2.32 bits per heavy atom. The minimum Gasteiger partial charge on any atom is -0.480 e. The third-order valence-electron chi connectivity index (χ3n) is 5.39. The lowest BCUT2D eigenvalue weighted by atomic mass is 10.0. The molecule has 0 spiro atoms. The molecule has 0 aliphatic carbocycles. The van der Waals surface area contributed by atoms with E-state index >= 15 is 0 Å². The lowest BCUT2D eigenvalue weighted by Crippen LogP contribution is -2.64. The summed E-state index contributed by atoms with van der Waals surface area (Å²) in [5.41, 5.74) is 1.93. The van der Waals surface area contributed by atoms with E-state index in [4.69, 9.17) is 47.0 Å². The van der Waals surface area contributed by atoms with E-state index in [0.717, 1.165) is 10.9 Å². The second-order valence-corrected chi connectivity index (χ2v) is 11.2. The van der Waals surface area contributed by atoms with Gasteiger partial charge >= 0.3 is 5.97 Å². The molecule has 0 bridgehead atoms. The summed E-state index contributed by atoms with van der Waals surface area (Å²) in [5, 5.41) is 16.5. The minimum absolute atomic E-state index is 0. The summed E-state index contributed by atoms with van der Waals surface area (Å²) in [7, 11) is 0. The fourth-order valence-electron chi connectivity index (χ4n) is 3.74. The summed E-state index contributed by atoms with van der Waals surface area (Å²) < 4.78 is -2.15. The van der Waals surface area contributed by atoms with Crippen LogP contribution in [0.3, 0.4) is 0 Å². The predicted octanol–water partition coefficient (Wildman–Crippen LogP) is 5.98.